The first-order chi connectivity index (χ1) is 7.95. The van der Waals surface area contributed by atoms with Gasteiger partial charge in [0.25, 0.3) is 0 Å². The van der Waals surface area contributed by atoms with E-state index >= 15 is 0 Å². The van der Waals surface area contributed by atoms with Crippen LogP contribution in [0.5, 0.6) is 0 Å². The van der Waals surface area contributed by atoms with Crippen molar-refractivity contribution < 1.29 is 0 Å². The molecule has 0 bridgehead atoms. The van der Waals surface area contributed by atoms with E-state index < -0.39 is 0 Å². The second kappa shape index (κ2) is 4.67. The molecule has 2 saturated carbocycles. The van der Waals surface area contributed by atoms with Crippen LogP contribution in [0.15, 0.2) is 46.7 Å². The summed E-state index contributed by atoms with van der Waals surface area (Å²) in [6.07, 6.45) is 8.36. The van der Waals surface area contributed by atoms with Gasteiger partial charge in [0, 0.05) is 4.90 Å². The predicted molar refractivity (Wildman–Crippen MR) is 70.4 cm³/mol. The number of hydrogen-bond acceptors (Lipinski definition) is 1. The number of allylic oxidation sites excluding steroid dienone is 1. The smallest absolute Gasteiger partial charge is 0.0116 e. The van der Waals surface area contributed by atoms with Gasteiger partial charge in [0.05, 0.1) is 0 Å². The standard InChI is InChI=1S/C15H18S/c1-2-6-12(7-3-1)16-11-10-15-13-8-4-5-9-14(13)15/h1-3,6-7,10-11,13-15H,4-5,8-9H2/b11-10+. The molecule has 0 N–H and O–H groups in total. The Balaban J connectivity index is 1.52. The van der Waals surface area contributed by atoms with Crippen LogP contribution in [-0.2, 0) is 0 Å². The van der Waals surface area contributed by atoms with Gasteiger partial charge in [-0.15, -0.1) is 0 Å². The van der Waals surface area contributed by atoms with Gasteiger partial charge in [0.2, 0.25) is 0 Å². The van der Waals surface area contributed by atoms with E-state index in [1.807, 2.05) is 11.8 Å². The lowest BCUT2D eigenvalue weighted by Gasteiger charge is -2.04. The third-order valence-corrected chi connectivity index (χ3v) is 4.81. The highest BCUT2D eigenvalue weighted by Crippen LogP contribution is 2.56. The van der Waals surface area contributed by atoms with E-state index in [2.05, 4.69) is 41.8 Å². The Morgan fingerprint density at radius 3 is 2.38 bits per heavy atom. The van der Waals surface area contributed by atoms with Gasteiger partial charge in [-0.3, -0.25) is 0 Å². The Morgan fingerprint density at radius 1 is 1.00 bits per heavy atom. The van der Waals surface area contributed by atoms with E-state index in [9.17, 15) is 0 Å². The molecule has 16 heavy (non-hydrogen) atoms. The molecular weight excluding hydrogens is 212 g/mol. The van der Waals surface area contributed by atoms with Crippen LogP contribution >= 0.6 is 11.8 Å². The van der Waals surface area contributed by atoms with Gasteiger partial charge in [-0.05, 0) is 48.1 Å². The number of fused-ring (bicyclic) bond motifs is 1. The predicted octanol–water partition coefficient (Wildman–Crippen LogP) is 4.73. The van der Waals surface area contributed by atoms with Crippen molar-refractivity contribution in [3.8, 4) is 0 Å². The van der Waals surface area contributed by atoms with Crippen molar-refractivity contribution in [1.29, 1.82) is 0 Å². The Bertz CT molecular complexity index is 356. The minimum absolute atomic E-state index is 0.915. The van der Waals surface area contributed by atoms with Crippen LogP contribution in [0, 0.1) is 17.8 Å². The van der Waals surface area contributed by atoms with E-state index in [0.717, 1.165) is 17.8 Å². The molecule has 0 radical (unpaired) electrons. The molecule has 2 aliphatic rings. The highest BCUT2D eigenvalue weighted by atomic mass is 32.2. The molecule has 0 saturated heterocycles. The van der Waals surface area contributed by atoms with Crippen LogP contribution in [0.3, 0.4) is 0 Å². The molecule has 3 rings (SSSR count). The van der Waals surface area contributed by atoms with Crippen molar-refractivity contribution in [3.63, 3.8) is 0 Å². The fraction of sp³-hybridized carbons (Fsp3) is 0.467. The molecule has 1 aromatic carbocycles. The van der Waals surface area contributed by atoms with Crippen LogP contribution < -0.4 is 0 Å². The molecule has 84 valence electrons. The number of hydrogen-bond donors (Lipinski definition) is 0. The second-order valence-corrected chi connectivity index (χ2v) is 5.93. The Kier molecular flexibility index (Phi) is 3.05. The fourth-order valence-electron chi connectivity index (χ4n) is 3.04. The highest BCUT2D eigenvalue weighted by Gasteiger charge is 2.48. The van der Waals surface area contributed by atoms with Crippen LogP contribution in [0.1, 0.15) is 25.7 Å². The van der Waals surface area contributed by atoms with E-state index in [1.54, 1.807) is 0 Å². The Morgan fingerprint density at radius 2 is 1.69 bits per heavy atom. The summed E-state index contributed by atoms with van der Waals surface area (Å²) in [4.78, 5) is 1.35. The van der Waals surface area contributed by atoms with Crippen molar-refractivity contribution >= 4 is 11.8 Å². The molecule has 2 unspecified atom stereocenters. The zero-order valence-electron chi connectivity index (χ0n) is 9.51. The van der Waals surface area contributed by atoms with Crippen LogP contribution in [0.4, 0.5) is 0 Å². The van der Waals surface area contributed by atoms with Gasteiger partial charge in [0.1, 0.15) is 0 Å². The van der Waals surface area contributed by atoms with Gasteiger partial charge >= 0.3 is 0 Å². The molecular formula is C15H18S. The average molecular weight is 230 g/mol. The average Bonchev–Trinajstić information content (AvgIpc) is 3.05. The van der Waals surface area contributed by atoms with E-state index in [1.165, 1.54) is 30.6 Å². The molecule has 0 aliphatic heterocycles. The lowest BCUT2D eigenvalue weighted by molar-refractivity contribution is 0.480. The Labute approximate surface area is 102 Å². The monoisotopic (exact) mass is 230 g/mol. The molecule has 0 aromatic heterocycles. The molecule has 0 amide bonds. The third-order valence-electron chi connectivity index (χ3n) is 3.97. The molecule has 0 nitrogen and oxygen atoms in total. The van der Waals surface area contributed by atoms with Crippen LogP contribution in [0.2, 0.25) is 0 Å². The fourth-order valence-corrected chi connectivity index (χ4v) is 3.77. The normalized spacial score (nSPS) is 32.6. The van der Waals surface area contributed by atoms with Crippen LogP contribution in [0.25, 0.3) is 0 Å². The lowest BCUT2D eigenvalue weighted by Crippen LogP contribution is -1.91. The van der Waals surface area contributed by atoms with Crippen molar-refractivity contribution in [1.82, 2.24) is 0 Å². The van der Waals surface area contributed by atoms with Gasteiger partial charge in [-0.2, -0.15) is 0 Å². The van der Waals surface area contributed by atoms with Gasteiger partial charge in [0.15, 0.2) is 0 Å². The van der Waals surface area contributed by atoms with E-state index in [4.69, 9.17) is 0 Å². The molecule has 1 heteroatoms. The summed E-state index contributed by atoms with van der Waals surface area (Å²) in [5.41, 5.74) is 0. The first-order valence-electron chi connectivity index (χ1n) is 6.33. The van der Waals surface area contributed by atoms with Gasteiger partial charge in [-0.25, -0.2) is 0 Å². The first-order valence-corrected chi connectivity index (χ1v) is 7.21. The lowest BCUT2D eigenvalue weighted by atomic mass is 10.0. The number of rotatable bonds is 3. The summed E-state index contributed by atoms with van der Waals surface area (Å²) >= 11 is 1.85. The van der Waals surface area contributed by atoms with Crippen molar-refractivity contribution in [3.05, 3.63) is 41.8 Å². The second-order valence-electron chi connectivity index (χ2n) is 4.95. The number of thioether (sulfide) groups is 1. The zero-order valence-corrected chi connectivity index (χ0v) is 10.3. The topological polar surface area (TPSA) is 0 Å². The first kappa shape index (κ1) is 10.5. The maximum absolute atomic E-state index is 2.46. The summed E-state index contributed by atoms with van der Waals surface area (Å²) in [6, 6.07) is 10.6. The van der Waals surface area contributed by atoms with Gasteiger partial charge in [-0.1, -0.05) is 48.9 Å². The van der Waals surface area contributed by atoms with Gasteiger partial charge < -0.3 is 0 Å². The molecule has 0 heterocycles. The molecule has 2 aliphatic carbocycles. The van der Waals surface area contributed by atoms with E-state index in [-0.39, 0.29) is 0 Å². The summed E-state index contributed by atoms with van der Waals surface area (Å²) in [6.45, 7) is 0. The maximum Gasteiger partial charge on any atom is 0.0116 e. The molecule has 0 spiro atoms. The summed E-state index contributed by atoms with van der Waals surface area (Å²) < 4.78 is 0. The summed E-state index contributed by atoms with van der Waals surface area (Å²) in [7, 11) is 0. The minimum Gasteiger partial charge on any atom is -0.0984 e. The maximum atomic E-state index is 2.46. The zero-order chi connectivity index (χ0) is 10.8. The SMILES string of the molecule is C(=C\C1C2CCCCC12)/Sc1ccccc1. The molecule has 1 aromatic rings. The van der Waals surface area contributed by atoms with Crippen molar-refractivity contribution in [2.24, 2.45) is 17.8 Å². The molecule has 2 fully saturated rings. The highest BCUT2D eigenvalue weighted by molar-refractivity contribution is 8.02. The summed E-state index contributed by atoms with van der Waals surface area (Å²) in [5.74, 6) is 3.00. The quantitative estimate of drug-likeness (QED) is 0.676. The third kappa shape index (κ3) is 2.20. The van der Waals surface area contributed by atoms with Crippen molar-refractivity contribution in [2.75, 3.05) is 0 Å². The minimum atomic E-state index is 0.915. The van der Waals surface area contributed by atoms with E-state index in [0.29, 0.717) is 0 Å². The Hall–Kier alpha value is -0.690. The van der Waals surface area contributed by atoms with Crippen LogP contribution in [-0.4, -0.2) is 0 Å². The summed E-state index contributed by atoms with van der Waals surface area (Å²) in [5, 5.41) is 2.30. The largest absolute Gasteiger partial charge is 0.0984 e. The number of benzene rings is 1. The van der Waals surface area contributed by atoms with Crippen molar-refractivity contribution in [2.45, 2.75) is 30.6 Å². The molecule has 2 atom stereocenters.